The maximum atomic E-state index is 2.47. The molecule has 2 atom stereocenters. The van der Waals surface area contributed by atoms with Gasteiger partial charge in [0.25, 0.3) is 0 Å². The van der Waals surface area contributed by atoms with Gasteiger partial charge in [-0.25, -0.2) is 30.2 Å². The summed E-state index contributed by atoms with van der Waals surface area (Å²) in [6.07, 6.45) is 13.2. The van der Waals surface area contributed by atoms with E-state index in [9.17, 15) is 0 Å². The van der Waals surface area contributed by atoms with Crippen LogP contribution in [-0.4, -0.2) is 0 Å². The maximum Gasteiger partial charge on any atom is 4.00 e. The van der Waals surface area contributed by atoms with Crippen LogP contribution >= 0.6 is 0 Å². The third kappa shape index (κ3) is 6.93. The zero-order valence-corrected chi connectivity index (χ0v) is 15.2. The molecule has 0 spiro atoms. The van der Waals surface area contributed by atoms with Crippen molar-refractivity contribution in [2.75, 3.05) is 0 Å². The molecule has 2 aliphatic rings. The van der Waals surface area contributed by atoms with E-state index in [-0.39, 0.29) is 51.0 Å². The van der Waals surface area contributed by atoms with Crippen LogP contribution in [0.1, 0.15) is 26.2 Å². The summed E-state index contributed by atoms with van der Waals surface area (Å²) in [5.41, 5.74) is 1.60. The molecule has 0 nitrogen and oxygen atoms in total. The first-order valence-corrected chi connectivity index (χ1v) is 6.28. The van der Waals surface area contributed by atoms with Crippen molar-refractivity contribution in [3.63, 3.8) is 0 Å². The molecule has 3 rings (SSSR count). The molecule has 3 heteroatoms. The average molecular weight is 374 g/mol. The molecule has 1 fully saturated rings. The molecule has 0 bridgehead atoms. The number of hydrogen-bond donors (Lipinski definition) is 0. The van der Waals surface area contributed by atoms with Crippen molar-refractivity contribution in [3.8, 4) is 0 Å². The van der Waals surface area contributed by atoms with Gasteiger partial charge in [0.15, 0.2) is 0 Å². The Morgan fingerprint density at radius 2 is 1.89 bits per heavy atom. The normalized spacial score (nSPS) is 22.1. The zero-order chi connectivity index (χ0) is 11.2. The first-order valence-electron chi connectivity index (χ1n) is 6.28. The summed E-state index contributed by atoms with van der Waals surface area (Å²) in [5.74, 6) is 1.73. The fourth-order valence-electron chi connectivity index (χ4n) is 2.43. The monoisotopic (exact) mass is 372 g/mol. The van der Waals surface area contributed by atoms with Crippen molar-refractivity contribution in [2.45, 2.75) is 26.2 Å². The minimum atomic E-state index is 0. The zero-order valence-electron chi connectivity index (χ0n) is 11.2. The van der Waals surface area contributed by atoms with E-state index in [0.717, 1.165) is 11.8 Å². The van der Waals surface area contributed by atoms with Gasteiger partial charge in [0, 0.05) is 0 Å². The third-order valence-electron chi connectivity index (χ3n) is 3.41. The van der Waals surface area contributed by atoms with E-state index in [1.807, 2.05) is 30.3 Å². The van der Waals surface area contributed by atoms with E-state index in [2.05, 4.69) is 31.6 Å². The average Bonchev–Trinajstić information content (AvgIpc) is 3.01. The van der Waals surface area contributed by atoms with Crippen molar-refractivity contribution in [1.82, 2.24) is 0 Å². The molecule has 1 saturated carbocycles. The summed E-state index contributed by atoms with van der Waals surface area (Å²) >= 11 is 0. The summed E-state index contributed by atoms with van der Waals surface area (Å²) in [4.78, 5) is 0. The second kappa shape index (κ2) is 11.9. The number of halogens is 2. The van der Waals surface area contributed by atoms with Crippen molar-refractivity contribution < 1.29 is 51.0 Å². The molecule has 0 radical (unpaired) electrons. The third-order valence-corrected chi connectivity index (χ3v) is 3.41. The number of allylic oxidation sites excluding steroid dienone is 4. The second-order valence-electron chi connectivity index (χ2n) is 4.56. The predicted octanol–water partition coefficient (Wildman–Crippen LogP) is -1.47. The quantitative estimate of drug-likeness (QED) is 0.527. The minimum Gasteiger partial charge on any atom is -1.00 e. The van der Waals surface area contributed by atoms with Gasteiger partial charge in [-0.3, -0.25) is 0 Å². The van der Waals surface area contributed by atoms with Crippen LogP contribution < -0.4 is 24.8 Å². The largest absolute Gasteiger partial charge is 4.00 e. The van der Waals surface area contributed by atoms with Crippen LogP contribution in [0.3, 0.4) is 0 Å². The Hall–Kier alpha value is 0.163. The standard InChI is InChI=1S/C11H15.C5H5.2ClH.Zr/c1-2-9-7-10-5-3-4-6-11(10)8-9;1-2-4-5-3-1;;;/h3-5,7,9,11H,2,6,8H2,1H3;1-5H;2*1H;/q2*-1;;;+4/p-2. The van der Waals surface area contributed by atoms with Crippen molar-refractivity contribution in [3.05, 3.63) is 60.6 Å². The Kier molecular flexibility index (Phi) is 13.5. The van der Waals surface area contributed by atoms with Crippen molar-refractivity contribution >= 4 is 0 Å². The van der Waals surface area contributed by atoms with Crippen LogP contribution in [0.2, 0.25) is 0 Å². The Labute approximate surface area is 149 Å². The van der Waals surface area contributed by atoms with Gasteiger partial charge in [0.2, 0.25) is 0 Å². The molecule has 19 heavy (non-hydrogen) atoms. The van der Waals surface area contributed by atoms with Gasteiger partial charge in [-0.05, 0) is 12.3 Å². The van der Waals surface area contributed by atoms with Crippen LogP contribution in [0.4, 0.5) is 0 Å². The van der Waals surface area contributed by atoms with E-state index in [1.54, 1.807) is 5.57 Å². The smallest absolute Gasteiger partial charge is 1.00 e. The Balaban J connectivity index is 0. The van der Waals surface area contributed by atoms with Crippen molar-refractivity contribution in [2.24, 2.45) is 11.8 Å². The predicted molar refractivity (Wildman–Crippen MR) is 70.1 cm³/mol. The van der Waals surface area contributed by atoms with E-state index < -0.39 is 0 Å². The molecule has 0 aromatic heterocycles. The van der Waals surface area contributed by atoms with E-state index >= 15 is 0 Å². The summed E-state index contributed by atoms with van der Waals surface area (Å²) in [7, 11) is 0. The number of rotatable bonds is 1. The Morgan fingerprint density at radius 3 is 2.37 bits per heavy atom. The topological polar surface area (TPSA) is 0 Å². The van der Waals surface area contributed by atoms with Gasteiger partial charge in [-0.2, -0.15) is 18.2 Å². The van der Waals surface area contributed by atoms with E-state index in [0.29, 0.717) is 0 Å². The molecular formula is C16H20Cl2Zr. The van der Waals surface area contributed by atoms with Crippen LogP contribution in [0, 0.1) is 18.3 Å². The van der Waals surface area contributed by atoms with Gasteiger partial charge < -0.3 is 24.8 Å². The van der Waals surface area contributed by atoms with Gasteiger partial charge in [-0.1, -0.05) is 25.7 Å². The van der Waals surface area contributed by atoms with Crippen LogP contribution in [0.5, 0.6) is 0 Å². The molecule has 1 aromatic rings. The van der Waals surface area contributed by atoms with Crippen LogP contribution in [0.15, 0.2) is 54.1 Å². The van der Waals surface area contributed by atoms with Crippen LogP contribution in [0.25, 0.3) is 0 Å². The van der Waals surface area contributed by atoms with E-state index in [1.165, 1.54) is 19.3 Å². The molecular weight excluding hydrogens is 354 g/mol. The van der Waals surface area contributed by atoms with Gasteiger partial charge >= 0.3 is 26.2 Å². The summed E-state index contributed by atoms with van der Waals surface area (Å²) in [6, 6.07) is 10.0. The SMILES string of the molecule is CCC1[CH-]C2=CC=CCC2C1.[Cl-].[Cl-].[Zr+4].c1cc[cH-]c1. The molecule has 0 N–H and O–H groups in total. The second-order valence-corrected chi connectivity index (χ2v) is 4.56. The summed E-state index contributed by atoms with van der Waals surface area (Å²) in [5, 5.41) is 0. The Morgan fingerprint density at radius 1 is 1.21 bits per heavy atom. The molecule has 1 aromatic carbocycles. The van der Waals surface area contributed by atoms with Gasteiger partial charge in [0.05, 0.1) is 0 Å². The van der Waals surface area contributed by atoms with E-state index in [4.69, 9.17) is 0 Å². The number of fused-ring (bicyclic) bond motifs is 1. The molecule has 0 saturated heterocycles. The number of hydrogen-bond acceptors (Lipinski definition) is 0. The molecule has 2 unspecified atom stereocenters. The molecule has 102 valence electrons. The first-order chi connectivity index (χ1) is 7.90. The summed E-state index contributed by atoms with van der Waals surface area (Å²) in [6.45, 7) is 2.28. The minimum absolute atomic E-state index is 0. The van der Waals surface area contributed by atoms with Crippen LogP contribution in [-0.2, 0) is 26.2 Å². The molecule has 2 aliphatic carbocycles. The fourth-order valence-corrected chi connectivity index (χ4v) is 2.43. The first kappa shape index (κ1) is 21.5. The molecule has 0 aliphatic heterocycles. The van der Waals surface area contributed by atoms with Gasteiger partial charge in [-0.15, -0.1) is 12.2 Å². The molecule has 0 amide bonds. The Bertz CT molecular complexity index is 338. The van der Waals surface area contributed by atoms with Crippen molar-refractivity contribution in [1.29, 1.82) is 0 Å². The fraction of sp³-hybridized carbons (Fsp3) is 0.375. The summed E-state index contributed by atoms with van der Waals surface area (Å²) < 4.78 is 0. The maximum absolute atomic E-state index is 2.47. The molecule has 0 heterocycles. The van der Waals surface area contributed by atoms with Gasteiger partial charge in [0.1, 0.15) is 0 Å².